The Labute approximate surface area is 104 Å². The van der Waals surface area contributed by atoms with Crippen LogP contribution in [0, 0.1) is 0 Å². The topological polar surface area (TPSA) is 69.1 Å². The summed E-state index contributed by atoms with van der Waals surface area (Å²) in [5.74, 6) is -0.445. The van der Waals surface area contributed by atoms with Crippen molar-refractivity contribution in [3.63, 3.8) is 0 Å². The summed E-state index contributed by atoms with van der Waals surface area (Å²) < 4.78 is 0. The second-order valence-electron chi connectivity index (χ2n) is 3.53. The largest absolute Gasteiger partial charge is 0.398 e. The fourth-order valence-corrected chi connectivity index (χ4v) is 2.31. The first-order chi connectivity index (χ1) is 8.16. The molecule has 0 spiro atoms. The van der Waals surface area contributed by atoms with Gasteiger partial charge in [-0.3, -0.25) is 4.79 Å². The number of amides is 1. The maximum absolute atomic E-state index is 11.1. The van der Waals surface area contributed by atoms with E-state index in [-0.39, 0.29) is 0 Å². The molecule has 4 N–H and O–H groups in total. The van der Waals surface area contributed by atoms with Gasteiger partial charge in [-0.2, -0.15) is 0 Å². The van der Waals surface area contributed by atoms with E-state index in [0.717, 1.165) is 9.79 Å². The summed E-state index contributed by atoms with van der Waals surface area (Å²) in [4.78, 5) is 13.0. The first-order valence-electron chi connectivity index (χ1n) is 5.09. The molecule has 0 aromatic heterocycles. The minimum Gasteiger partial charge on any atom is -0.398 e. The lowest BCUT2D eigenvalue weighted by atomic mass is 10.2. The molecule has 2 aromatic rings. The van der Waals surface area contributed by atoms with Crippen molar-refractivity contribution >= 4 is 23.4 Å². The fourth-order valence-electron chi connectivity index (χ4n) is 1.39. The van der Waals surface area contributed by atoms with E-state index in [0.29, 0.717) is 11.3 Å². The van der Waals surface area contributed by atoms with Crippen LogP contribution in [-0.2, 0) is 0 Å². The molecule has 17 heavy (non-hydrogen) atoms. The number of carbonyl (C=O) groups is 1. The number of benzene rings is 2. The molecular weight excluding hydrogens is 232 g/mol. The number of hydrogen-bond donors (Lipinski definition) is 2. The average molecular weight is 244 g/mol. The van der Waals surface area contributed by atoms with Crippen molar-refractivity contribution in [2.75, 3.05) is 5.73 Å². The van der Waals surface area contributed by atoms with E-state index in [1.165, 1.54) is 11.8 Å². The zero-order valence-corrected chi connectivity index (χ0v) is 9.91. The monoisotopic (exact) mass is 244 g/mol. The molecule has 0 aliphatic heterocycles. The number of nitrogen functional groups attached to an aromatic ring is 1. The third-order valence-electron chi connectivity index (χ3n) is 2.27. The zero-order valence-electron chi connectivity index (χ0n) is 9.09. The number of hydrogen-bond acceptors (Lipinski definition) is 3. The normalized spacial score (nSPS) is 10.1. The molecule has 1 amide bonds. The SMILES string of the molecule is NC(=O)c1ccc(N)c(Sc2ccccc2)c1. The standard InChI is InChI=1S/C13H12N2OS/c14-11-7-6-9(13(15)16)8-12(11)17-10-4-2-1-3-5-10/h1-8H,14H2,(H2,15,16). The predicted molar refractivity (Wildman–Crippen MR) is 69.9 cm³/mol. The minimum atomic E-state index is -0.445. The average Bonchev–Trinajstić information content (AvgIpc) is 2.33. The van der Waals surface area contributed by atoms with E-state index < -0.39 is 5.91 Å². The summed E-state index contributed by atoms with van der Waals surface area (Å²) in [7, 11) is 0. The summed E-state index contributed by atoms with van der Waals surface area (Å²) in [6, 6.07) is 14.9. The van der Waals surface area contributed by atoms with Gasteiger partial charge in [-0.25, -0.2) is 0 Å². The Morgan fingerprint density at radius 2 is 1.76 bits per heavy atom. The quantitative estimate of drug-likeness (QED) is 0.815. The van der Waals surface area contributed by atoms with Gasteiger partial charge in [0, 0.05) is 21.0 Å². The van der Waals surface area contributed by atoms with Crippen molar-refractivity contribution in [1.29, 1.82) is 0 Å². The fraction of sp³-hybridized carbons (Fsp3) is 0. The Bertz CT molecular complexity index is 540. The minimum absolute atomic E-state index is 0.445. The van der Waals surface area contributed by atoms with Gasteiger partial charge >= 0.3 is 0 Å². The number of carbonyl (C=O) groups excluding carboxylic acids is 1. The van der Waals surface area contributed by atoms with Crippen molar-refractivity contribution in [3.8, 4) is 0 Å². The Morgan fingerprint density at radius 1 is 1.06 bits per heavy atom. The van der Waals surface area contributed by atoms with Crippen molar-refractivity contribution in [1.82, 2.24) is 0 Å². The molecule has 0 radical (unpaired) electrons. The van der Waals surface area contributed by atoms with Crippen LogP contribution in [0.2, 0.25) is 0 Å². The first-order valence-corrected chi connectivity index (χ1v) is 5.90. The Hall–Kier alpha value is -1.94. The molecule has 0 atom stereocenters. The number of rotatable bonds is 3. The van der Waals surface area contributed by atoms with Crippen LogP contribution in [-0.4, -0.2) is 5.91 Å². The van der Waals surface area contributed by atoms with Crippen LogP contribution in [0.4, 0.5) is 5.69 Å². The van der Waals surface area contributed by atoms with Crippen LogP contribution < -0.4 is 11.5 Å². The van der Waals surface area contributed by atoms with Crippen molar-refractivity contribution < 1.29 is 4.79 Å². The van der Waals surface area contributed by atoms with Gasteiger partial charge in [0.05, 0.1) is 0 Å². The van der Waals surface area contributed by atoms with Crippen LogP contribution in [0.3, 0.4) is 0 Å². The predicted octanol–water partition coefficient (Wildman–Crippen LogP) is 2.52. The van der Waals surface area contributed by atoms with Crippen molar-refractivity contribution in [3.05, 3.63) is 54.1 Å². The van der Waals surface area contributed by atoms with Gasteiger partial charge in [0.15, 0.2) is 0 Å². The highest BCUT2D eigenvalue weighted by Gasteiger charge is 2.06. The van der Waals surface area contributed by atoms with Crippen LogP contribution in [0.15, 0.2) is 58.3 Å². The molecule has 0 aliphatic carbocycles. The summed E-state index contributed by atoms with van der Waals surface area (Å²) in [6.45, 7) is 0. The highest BCUT2D eigenvalue weighted by Crippen LogP contribution is 2.32. The molecule has 2 aromatic carbocycles. The van der Waals surface area contributed by atoms with E-state index in [9.17, 15) is 4.79 Å². The smallest absolute Gasteiger partial charge is 0.248 e. The number of anilines is 1. The lowest BCUT2D eigenvalue weighted by molar-refractivity contribution is 0.1000. The molecule has 4 heteroatoms. The summed E-state index contributed by atoms with van der Waals surface area (Å²) in [5, 5.41) is 0. The summed E-state index contributed by atoms with van der Waals surface area (Å²) >= 11 is 1.51. The van der Waals surface area contributed by atoms with Crippen LogP contribution in [0.5, 0.6) is 0 Å². The van der Waals surface area contributed by atoms with E-state index in [1.54, 1.807) is 18.2 Å². The number of primary amides is 1. The summed E-state index contributed by atoms with van der Waals surface area (Å²) in [6.07, 6.45) is 0. The molecular formula is C13H12N2OS. The van der Waals surface area contributed by atoms with E-state index in [4.69, 9.17) is 11.5 Å². The van der Waals surface area contributed by atoms with Crippen molar-refractivity contribution in [2.24, 2.45) is 5.73 Å². The van der Waals surface area contributed by atoms with Crippen LogP contribution in [0.25, 0.3) is 0 Å². The highest BCUT2D eigenvalue weighted by molar-refractivity contribution is 7.99. The third kappa shape index (κ3) is 2.79. The molecule has 0 saturated heterocycles. The molecule has 86 valence electrons. The van der Waals surface area contributed by atoms with Gasteiger partial charge in [-0.1, -0.05) is 30.0 Å². The molecule has 0 heterocycles. The molecule has 0 aliphatic rings. The van der Waals surface area contributed by atoms with Crippen LogP contribution in [0.1, 0.15) is 10.4 Å². The van der Waals surface area contributed by atoms with Crippen LogP contribution >= 0.6 is 11.8 Å². The molecule has 0 fully saturated rings. The molecule has 2 rings (SSSR count). The maximum Gasteiger partial charge on any atom is 0.248 e. The first kappa shape index (κ1) is 11.5. The van der Waals surface area contributed by atoms with Gasteiger partial charge < -0.3 is 11.5 Å². The second kappa shape index (κ2) is 4.93. The molecule has 3 nitrogen and oxygen atoms in total. The second-order valence-corrected chi connectivity index (χ2v) is 4.65. The zero-order chi connectivity index (χ0) is 12.3. The lowest BCUT2D eigenvalue weighted by Crippen LogP contribution is -2.11. The summed E-state index contributed by atoms with van der Waals surface area (Å²) in [5.41, 5.74) is 12.2. The van der Waals surface area contributed by atoms with E-state index in [2.05, 4.69) is 0 Å². The number of nitrogens with two attached hydrogens (primary N) is 2. The Morgan fingerprint density at radius 3 is 2.41 bits per heavy atom. The highest BCUT2D eigenvalue weighted by atomic mass is 32.2. The van der Waals surface area contributed by atoms with Gasteiger partial charge in [0.25, 0.3) is 0 Å². The van der Waals surface area contributed by atoms with E-state index >= 15 is 0 Å². The van der Waals surface area contributed by atoms with Gasteiger partial charge in [-0.15, -0.1) is 0 Å². The maximum atomic E-state index is 11.1. The van der Waals surface area contributed by atoms with Crippen molar-refractivity contribution in [2.45, 2.75) is 9.79 Å². The van der Waals surface area contributed by atoms with Gasteiger partial charge in [-0.05, 0) is 30.3 Å². The Balaban J connectivity index is 2.32. The third-order valence-corrected chi connectivity index (χ3v) is 3.35. The lowest BCUT2D eigenvalue weighted by Gasteiger charge is -2.06. The molecule has 0 saturated carbocycles. The van der Waals surface area contributed by atoms with E-state index in [1.807, 2.05) is 30.3 Å². The molecule has 0 bridgehead atoms. The van der Waals surface area contributed by atoms with Gasteiger partial charge in [0.1, 0.15) is 0 Å². The Kier molecular flexibility index (Phi) is 3.35. The molecule has 0 unspecified atom stereocenters. The van der Waals surface area contributed by atoms with Gasteiger partial charge in [0.2, 0.25) is 5.91 Å².